The lowest BCUT2D eigenvalue weighted by atomic mass is 10.1. The second-order valence-corrected chi connectivity index (χ2v) is 5.61. The standard InChI is InChI=1S/C18H13F3N2O4/c1-26-14-8-12-4-7-16(22-17(12)15(9-14)23(24)25)27-10-11-2-5-13(6-3-11)18(19,20)21/h2-9H,10H2,1H3. The molecule has 0 aliphatic rings. The molecular formula is C18H13F3N2O4. The van der Waals surface area contributed by atoms with E-state index in [4.69, 9.17) is 9.47 Å². The van der Waals surface area contributed by atoms with E-state index in [1.54, 1.807) is 12.1 Å². The van der Waals surface area contributed by atoms with Crippen LogP contribution in [0.4, 0.5) is 18.9 Å². The lowest BCUT2D eigenvalue weighted by molar-refractivity contribution is -0.383. The number of rotatable bonds is 5. The van der Waals surface area contributed by atoms with Gasteiger partial charge in [-0.15, -0.1) is 0 Å². The lowest BCUT2D eigenvalue weighted by Crippen LogP contribution is -2.05. The number of nitro benzene ring substituents is 1. The molecule has 1 heterocycles. The van der Waals surface area contributed by atoms with Gasteiger partial charge in [0, 0.05) is 11.5 Å². The maximum atomic E-state index is 12.6. The molecule has 140 valence electrons. The van der Waals surface area contributed by atoms with Gasteiger partial charge in [-0.2, -0.15) is 13.2 Å². The van der Waals surface area contributed by atoms with Gasteiger partial charge in [0.25, 0.3) is 5.69 Å². The molecule has 27 heavy (non-hydrogen) atoms. The summed E-state index contributed by atoms with van der Waals surface area (Å²) < 4.78 is 48.2. The van der Waals surface area contributed by atoms with Gasteiger partial charge in [0.15, 0.2) is 5.52 Å². The molecule has 0 aliphatic carbocycles. The zero-order chi connectivity index (χ0) is 19.6. The summed E-state index contributed by atoms with van der Waals surface area (Å²) in [5.74, 6) is 0.449. The van der Waals surface area contributed by atoms with Gasteiger partial charge >= 0.3 is 6.18 Å². The van der Waals surface area contributed by atoms with Crippen LogP contribution < -0.4 is 9.47 Å². The van der Waals surface area contributed by atoms with E-state index in [1.807, 2.05) is 0 Å². The topological polar surface area (TPSA) is 74.5 Å². The molecule has 0 spiro atoms. The summed E-state index contributed by atoms with van der Waals surface area (Å²) in [6, 6.07) is 10.5. The highest BCUT2D eigenvalue weighted by atomic mass is 19.4. The Balaban J connectivity index is 1.83. The van der Waals surface area contributed by atoms with Crippen molar-refractivity contribution in [3.8, 4) is 11.6 Å². The number of methoxy groups -OCH3 is 1. The van der Waals surface area contributed by atoms with E-state index in [0.717, 1.165) is 12.1 Å². The fraction of sp³-hybridized carbons (Fsp3) is 0.167. The number of hydrogen-bond acceptors (Lipinski definition) is 5. The van der Waals surface area contributed by atoms with Gasteiger partial charge in [0.1, 0.15) is 12.4 Å². The van der Waals surface area contributed by atoms with Crippen molar-refractivity contribution in [2.24, 2.45) is 0 Å². The molecule has 0 radical (unpaired) electrons. The minimum Gasteiger partial charge on any atom is -0.496 e. The van der Waals surface area contributed by atoms with Crippen molar-refractivity contribution in [3.63, 3.8) is 0 Å². The first-order valence-corrected chi connectivity index (χ1v) is 7.70. The molecule has 0 bridgehead atoms. The molecule has 0 amide bonds. The number of nitrogens with zero attached hydrogens (tertiary/aromatic N) is 2. The second kappa shape index (κ2) is 7.10. The number of alkyl halides is 3. The van der Waals surface area contributed by atoms with Crippen LogP contribution in [0.3, 0.4) is 0 Å². The number of fused-ring (bicyclic) bond motifs is 1. The minimum absolute atomic E-state index is 0.0272. The van der Waals surface area contributed by atoms with Gasteiger partial charge in [-0.3, -0.25) is 10.1 Å². The van der Waals surface area contributed by atoms with E-state index in [2.05, 4.69) is 4.98 Å². The number of nitro groups is 1. The summed E-state index contributed by atoms with van der Waals surface area (Å²) in [5, 5.41) is 11.8. The van der Waals surface area contributed by atoms with Crippen molar-refractivity contribution >= 4 is 16.6 Å². The molecule has 3 aromatic rings. The maximum Gasteiger partial charge on any atom is 0.416 e. The highest BCUT2D eigenvalue weighted by molar-refractivity contribution is 5.89. The van der Waals surface area contributed by atoms with Crippen LogP contribution in [-0.2, 0) is 12.8 Å². The van der Waals surface area contributed by atoms with Crippen LogP contribution in [0.15, 0.2) is 48.5 Å². The van der Waals surface area contributed by atoms with Gasteiger partial charge in [-0.1, -0.05) is 12.1 Å². The Bertz CT molecular complexity index is 988. The summed E-state index contributed by atoms with van der Waals surface area (Å²) >= 11 is 0. The third-order valence-electron chi connectivity index (χ3n) is 3.82. The third kappa shape index (κ3) is 4.08. The SMILES string of the molecule is COc1cc([N+](=O)[O-])c2nc(OCc3ccc(C(F)(F)F)cc3)ccc2c1. The molecule has 3 rings (SSSR count). The number of aromatic nitrogens is 1. The molecule has 6 nitrogen and oxygen atoms in total. The fourth-order valence-electron chi connectivity index (χ4n) is 2.46. The normalized spacial score (nSPS) is 11.4. The van der Waals surface area contributed by atoms with Crippen molar-refractivity contribution in [1.82, 2.24) is 4.98 Å². The molecular weight excluding hydrogens is 365 g/mol. The predicted molar refractivity (Wildman–Crippen MR) is 90.7 cm³/mol. The van der Waals surface area contributed by atoms with Crippen LogP contribution in [0, 0.1) is 10.1 Å². The summed E-state index contributed by atoms with van der Waals surface area (Å²) in [6.07, 6.45) is -4.40. The minimum atomic E-state index is -4.40. The summed E-state index contributed by atoms with van der Waals surface area (Å²) in [7, 11) is 1.40. The van der Waals surface area contributed by atoms with Gasteiger partial charge in [-0.05, 0) is 29.8 Å². The van der Waals surface area contributed by atoms with Crippen molar-refractivity contribution in [1.29, 1.82) is 0 Å². The van der Waals surface area contributed by atoms with Crippen LogP contribution in [0.5, 0.6) is 11.6 Å². The summed E-state index contributed by atoms with van der Waals surface area (Å²) in [4.78, 5) is 14.8. The van der Waals surface area contributed by atoms with E-state index in [0.29, 0.717) is 16.7 Å². The smallest absolute Gasteiger partial charge is 0.416 e. The van der Waals surface area contributed by atoms with Gasteiger partial charge in [0.05, 0.1) is 23.7 Å². The fourth-order valence-corrected chi connectivity index (χ4v) is 2.46. The largest absolute Gasteiger partial charge is 0.496 e. The number of benzene rings is 2. The average molecular weight is 378 g/mol. The second-order valence-electron chi connectivity index (χ2n) is 5.61. The Morgan fingerprint density at radius 2 is 1.81 bits per heavy atom. The number of halogens is 3. The first-order valence-electron chi connectivity index (χ1n) is 7.70. The third-order valence-corrected chi connectivity index (χ3v) is 3.82. The Morgan fingerprint density at radius 1 is 1.11 bits per heavy atom. The molecule has 0 aliphatic heterocycles. The lowest BCUT2D eigenvalue weighted by Gasteiger charge is -2.09. The Morgan fingerprint density at radius 3 is 2.41 bits per heavy atom. The van der Waals surface area contributed by atoms with Crippen LogP contribution in [0.2, 0.25) is 0 Å². The van der Waals surface area contributed by atoms with Gasteiger partial charge in [-0.25, -0.2) is 4.98 Å². The van der Waals surface area contributed by atoms with E-state index in [9.17, 15) is 23.3 Å². The average Bonchev–Trinajstić information content (AvgIpc) is 2.64. The monoisotopic (exact) mass is 378 g/mol. The summed E-state index contributed by atoms with van der Waals surface area (Å²) in [6.45, 7) is -0.0272. The number of pyridine rings is 1. The molecule has 0 fully saturated rings. The van der Waals surface area contributed by atoms with Gasteiger partial charge in [0.2, 0.25) is 5.88 Å². The van der Waals surface area contributed by atoms with Crippen molar-refractivity contribution in [3.05, 3.63) is 69.8 Å². The van der Waals surface area contributed by atoms with Crippen LogP contribution in [0.1, 0.15) is 11.1 Å². The predicted octanol–water partition coefficient (Wildman–Crippen LogP) is 4.75. The summed E-state index contributed by atoms with van der Waals surface area (Å²) in [5.41, 5.74) is -0.344. The Labute approximate surface area is 151 Å². The van der Waals surface area contributed by atoms with Crippen molar-refractivity contribution in [2.75, 3.05) is 7.11 Å². The molecule has 2 aromatic carbocycles. The number of hydrogen-bond donors (Lipinski definition) is 0. The van der Waals surface area contributed by atoms with Crippen molar-refractivity contribution in [2.45, 2.75) is 12.8 Å². The van der Waals surface area contributed by atoms with E-state index >= 15 is 0 Å². The zero-order valence-electron chi connectivity index (χ0n) is 14.0. The highest BCUT2D eigenvalue weighted by Crippen LogP contribution is 2.32. The molecule has 9 heteroatoms. The van der Waals surface area contributed by atoms with Crippen molar-refractivity contribution < 1.29 is 27.6 Å². The van der Waals surface area contributed by atoms with Gasteiger partial charge < -0.3 is 9.47 Å². The highest BCUT2D eigenvalue weighted by Gasteiger charge is 2.29. The molecule has 0 saturated carbocycles. The van der Waals surface area contributed by atoms with Crippen LogP contribution >= 0.6 is 0 Å². The quantitative estimate of drug-likeness (QED) is 0.473. The van der Waals surface area contributed by atoms with E-state index in [-0.39, 0.29) is 23.7 Å². The molecule has 0 atom stereocenters. The first-order chi connectivity index (χ1) is 12.8. The van der Waals surface area contributed by atoms with E-state index < -0.39 is 16.7 Å². The molecule has 1 aromatic heterocycles. The number of ether oxygens (including phenoxy) is 2. The van der Waals surface area contributed by atoms with Crippen LogP contribution in [-0.4, -0.2) is 17.0 Å². The molecule has 0 unspecified atom stereocenters. The first kappa shape index (κ1) is 18.4. The maximum absolute atomic E-state index is 12.6. The van der Waals surface area contributed by atoms with Crippen LogP contribution in [0.25, 0.3) is 10.9 Å². The Hall–Kier alpha value is -3.36. The Kier molecular flexibility index (Phi) is 4.85. The zero-order valence-corrected chi connectivity index (χ0v) is 14.0. The molecule has 0 saturated heterocycles. The molecule has 0 N–H and O–H groups in total. The van der Waals surface area contributed by atoms with E-state index in [1.165, 1.54) is 31.4 Å². The number of non-ortho nitro benzene ring substituents is 1.